The second-order valence-electron chi connectivity index (χ2n) is 21.5. The predicted molar refractivity (Wildman–Crippen MR) is 334 cm³/mol. The summed E-state index contributed by atoms with van der Waals surface area (Å²) in [5.41, 5.74) is 4.81. The van der Waals surface area contributed by atoms with Crippen LogP contribution in [0.25, 0.3) is 72.3 Å². The van der Waals surface area contributed by atoms with Crippen LogP contribution >= 0.6 is 0 Å². The maximum atomic E-state index is 10.00. The molecular formula is C74H62N4OSi. The maximum absolute atomic E-state index is 10.00. The second kappa shape index (κ2) is 20.1. The number of rotatable bonds is 11. The quantitative estimate of drug-likeness (QED) is 0.0560. The average molecular weight is 1070 g/mol. The van der Waals surface area contributed by atoms with Gasteiger partial charge in [-0.15, -0.1) is 0 Å². The van der Waals surface area contributed by atoms with E-state index in [4.69, 9.17) is 17.9 Å². The van der Waals surface area contributed by atoms with Gasteiger partial charge in [0.15, 0.2) is 8.07 Å². The van der Waals surface area contributed by atoms with Crippen LogP contribution in [0.4, 0.5) is 0 Å². The molecule has 0 aliphatic heterocycles. The van der Waals surface area contributed by atoms with Gasteiger partial charge in [0.05, 0.1) is 60.9 Å². The van der Waals surface area contributed by atoms with Crippen LogP contribution < -0.4 is 30.1 Å². The van der Waals surface area contributed by atoms with Crippen LogP contribution in [0.1, 0.15) is 80.1 Å². The maximum Gasteiger partial charge on any atom is 0.269 e. The fourth-order valence-corrected chi connectivity index (χ4v) is 14.7. The van der Waals surface area contributed by atoms with Gasteiger partial charge < -0.3 is 4.74 Å². The van der Waals surface area contributed by atoms with Crippen molar-refractivity contribution in [1.29, 1.82) is 0 Å². The monoisotopic (exact) mass is 1070 g/mol. The highest BCUT2D eigenvalue weighted by atomic mass is 28.3. The van der Waals surface area contributed by atoms with E-state index in [2.05, 4.69) is 64.6 Å². The number of hydrogen-bond acceptors (Lipinski definition) is 2. The highest BCUT2D eigenvalue weighted by Gasteiger charge is 2.44. The molecule has 0 saturated carbocycles. The van der Waals surface area contributed by atoms with Gasteiger partial charge in [0, 0.05) is 23.0 Å². The van der Waals surface area contributed by atoms with E-state index < -0.39 is 150 Å². The van der Waals surface area contributed by atoms with Gasteiger partial charge >= 0.3 is 0 Å². The standard InChI is InChI=1S/C74H62N4OSi/c1-73(2,3)55-40-37-52(38-41-55)54-39-44-67-69(47-54)76(57-25-21-26-58(49-57)79-59-42-43-65-64-33-19-20-35-66(64)78(68(65)50-59)71-48-56(45-46-75-71)74(4,5)6)51-77(67)72-63(53-23-11-7-12-24-53)34-22-36-70(72)80(60-27-13-8-14-28-60,61-29-15-9-16-30-61)62-31-17-10-18-32-62/h7-50H,1-6H3/i7D,8D,9D,10D,11D,12D,13D,14D,15D,16D,17D,18D,23D,24D,27D,28D,29D,30D,31D,32D. The van der Waals surface area contributed by atoms with E-state index in [1.807, 2.05) is 72.8 Å². The molecule has 0 spiro atoms. The zero-order chi connectivity index (χ0) is 72.0. The minimum Gasteiger partial charge on any atom is -0.458 e. The molecule has 13 aromatic rings. The lowest BCUT2D eigenvalue weighted by molar-refractivity contribution is -0.570. The Balaban J connectivity index is 1.18. The molecule has 3 aromatic heterocycles. The molecule has 0 amide bonds. The topological polar surface area (TPSA) is 35.9 Å². The van der Waals surface area contributed by atoms with Gasteiger partial charge in [-0.05, 0) is 120 Å². The van der Waals surface area contributed by atoms with Crippen LogP contribution in [0, 0.1) is 6.33 Å². The molecule has 3 heterocycles. The first kappa shape index (κ1) is 32.5. The van der Waals surface area contributed by atoms with Gasteiger partial charge in [-0.1, -0.05) is 241 Å². The number of para-hydroxylation sites is 2. The Morgan fingerprint density at radius 3 is 1.75 bits per heavy atom. The van der Waals surface area contributed by atoms with E-state index in [1.54, 1.807) is 47.2 Å². The summed E-state index contributed by atoms with van der Waals surface area (Å²) in [6, 6.07) is 23.5. The normalized spacial score (nSPS) is 15.6. The number of hydrogen-bond donors (Lipinski definition) is 0. The third-order valence-electron chi connectivity index (χ3n) is 14.6. The molecule has 0 saturated heterocycles. The molecule has 6 heteroatoms. The fraction of sp³-hybridized carbons (Fsp3) is 0.108. The Morgan fingerprint density at radius 1 is 0.487 bits per heavy atom. The highest BCUT2D eigenvalue weighted by molar-refractivity contribution is 7.20. The van der Waals surface area contributed by atoms with Crippen molar-refractivity contribution in [3.05, 3.63) is 284 Å². The van der Waals surface area contributed by atoms with E-state index in [0.29, 0.717) is 34.1 Å². The summed E-state index contributed by atoms with van der Waals surface area (Å²) >= 11 is 0. The molecule has 388 valence electrons. The third kappa shape index (κ3) is 8.92. The molecule has 0 bridgehead atoms. The van der Waals surface area contributed by atoms with Crippen LogP contribution in [-0.4, -0.2) is 22.2 Å². The fourth-order valence-electron chi connectivity index (χ4n) is 10.7. The summed E-state index contributed by atoms with van der Waals surface area (Å²) in [7, 11) is -6.08. The van der Waals surface area contributed by atoms with Gasteiger partial charge in [-0.2, -0.15) is 0 Å². The number of nitrogens with zero attached hydrogens (tertiary/aromatic N) is 4. The molecule has 0 atom stereocenters. The van der Waals surface area contributed by atoms with Gasteiger partial charge in [0.2, 0.25) is 0 Å². The van der Waals surface area contributed by atoms with Crippen molar-refractivity contribution in [2.24, 2.45) is 0 Å². The average Bonchev–Trinajstić information content (AvgIpc) is 0.793. The van der Waals surface area contributed by atoms with E-state index in [0.717, 1.165) is 38.5 Å². The van der Waals surface area contributed by atoms with Gasteiger partial charge in [0.1, 0.15) is 17.3 Å². The number of benzene rings is 10. The molecule has 0 aliphatic rings. The highest BCUT2D eigenvalue weighted by Crippen LogP contribution is 2.37. The van der Waals surface area contributed by atoms with Crippen LogP contribution in [0.3, 0.4) is 0 Å². The Hall–Kier alpha value is -9.36. The van der Waals surface area contributed by atoms with Crippen molar-refractivity contribution in [1.82, 2.24) is 14.1 Å². The van der Waals surface area contributed by atoms with Crippen LogP contribution in [0.2, 0.25) is 0 Å². The molecule has 0 unspecified atom stereocenters. The number of ether oxygens (including phenoxy) is 1. The molecule has 80 heavy (non-hydrogen) atoms. The summed E-state index contributed by atoms with van der Waals surface area (Å²) in [4.78, 5) is 4.86. The Labute approximate surface area is 498 Å². The summed E-state index contributed by atoms with van der Waals surface area (Å²) in [5, 5.41) is -0.871. The molecule has 5 nitrogen and oxygen atoms in total. The zero-order valence-electron chi connectivity index (χ0n) is 64.6. The lowest BCUT2D eigenvalue weighted by Gasteiger charge is -2.36. The summed E-state index contributed by atoms with van der Waals surface area (Å²) in [5.74, 6) is 1.49. The SMILES string of the molecule is [2H]c1c([2H])c([2H])c(-c2cccc([Si](c3c([2H])c([2H])c([2H])c([2H])c3[2H])(c3c([2H])c([2H])c([2H])c([2H])c3[2H])c3c([2H])c([2H])c([2H])c([2H])c3[2H])c2-[n+]2[c-]n(-c3cccc(Oc4ccc5c6ccccc6n(-c6cc(C(C)(C)C)ccn6)c5c4)c3)c3cc(-c4ccc(C(C)(C)C)cc4)ccc32)c([2H])c1[2H]. The lowest BCUT2D eigenvalue weighted by Crippen LogP contribution is -2.76. The van der Waals surface area contributed by atoms with Crippen LogP contribution in [0.15, 0.2) is 267 Å². The summed E-state index contributed by atoms with van der Waals surface area (Å²) in [6.07, 6.45) is 5.28. The Bertz CT molecular complexity index is 5360. The number of aromatic nitrogens is 4. The second-order valence-corrected chi connectivity index (χ2v) is 25.1. The molecule has 0 aliphatic carbocycles. The van der Waals surface area contributed by atoms with E-state index in [-0.39, 0.29) is 32.8 Å². The molecule has 13 rings (SSSR count). The molecular weight excluding hydrogens is 989 g/mol. The van der Waals surface area contributed by atoms with E-state index in [9.17, 15) is 19.2 Å². The minimum atomic E-state index is -6.08. The Kier molecular flexibility index (Phi) is 8.18. The third-order valence-corrected chi connectivity index (χ3v) is 18.8. The van der Waals surface area contributed by atoms with Crippen LogP contribution in [-0.2, 0) is 10.8 Å². The zero-order valence-corrected chi connectivity index (χ0v) is 45.6. The molecule has 0 N–H and O–H groups in total. The Morgan fingerprint density at radius 2 is 1.09 bits per heavy atom. The number of fused-ring (bicyclic) bond motifs is 4. The van der Waals surface area contributed by atoms with Gasteiger partial charge in [-0.3, -0.25) is 13.7 Å². The smallest absolute Gasteiger partial charge is 0.269 e. The van der Waals surface area contributed by atoms with Crippen molar-refractivity contribution >= 4 is 61.7 Å². The van der Waals surface area contributed by atoms with Crippen molar-refractivity contribution in [2.75, 3.05) is 0 Å². The van der Waals surface area contributed by atoms with Crippen molar-refractivity contribution in [2.45, 2.75) is 52.4 Å². The first-order chi connectivity index (χ1) is 47.2. The summed E-state index contributed by atoms with van der Waals surface area (Å²) in [6.45, 7) is 12.7. The first-order valence-electron chi connectivity index (χ1n) is 36.0. The lowest BCUT2D eigenvalue weighted by atomic mass is 9.86. The van der Waals surface area contributed by atoms with Gasteiger partial charge in [0.25, 0.3) is 6.33 Å². The van der Waals surface area contributed by atoms with E-state index >= 15 is 0 Å². The molecule has 0 radical (unpaired) electrons. The largest absolute Gasteiger partial charge is 0.458 e. The predicted octanol–water partition coefficient (Wildman–Crippen LogP) is 15.3. The van der Waals surface area contributed by atoms with Gasteiger partial charge in [-0.25, -0.2) is 4.98 Å². The van der Waals surface area contributed by atoms with Crippen molar-refractivity contribution in [3.8, 4) is 50.9 Å². The van der Waals surface area contributed by atoms with E-state index in [1.165, 1.54) is 22.8 Å². The molecule has 0 fully saturated rings. The van der Waals surface area contributed by atoms with Crippen molar-refractivity contribution in [3.63, 3.8) is 0 Å². The summed E-state index contributed by atoms with van der Waals surface area (Å²) < 4.78 is 201. The number of imidazole rings is 1. The van der Waals surface area contributed by atoms with Crippen LogP contribution in [0.5, 0.6) is 11.5 Å². The first-order valence-corrected chi connectivity index (χ1v) is 28.0. The minimum absolute atomic E-state index is 0.185. The van der Waals surface area contributed by atoms with Crippen molar-refractivity contribution < 1.29 is 36.7 Å². The molecule has 10 aromatic carbocycles. The number of pyridine rings is 1.